The van der Waals surface area contributed by atoms with Crippen LogP contribution in [0.25, 0.3) is 5.70 Å². The van der Waals surface area contributed by atoms with Crippen molar-refractivity contribution in [1.29, 1.82) is 5.26 Å². The highest BCUT2D eigenvalue weighted by molar-refractivity contribution is 7.98. The standard InChI is InChI=1S/C19H21N3OS/c1-24-17-10-14-13(12-21-17)9-16(23)15(11-20)18(14)22-7-5-19(6-8-22)3-2-4-19/h10,12H,2-9H2,1H3. The number of thioether (sulfide) groups is 1. The van der Waals surface area contributed by atoms with Crippen LogP contribution in [0.15, 0.2) is 22.9 Å². The van der Waals surface area contributed by atoms with Crippen LogP contribution in [-0.4, -0.2) is 35.0 Å². The molecular weight excluding hydrogens is 318 g/mol. The minimum atomic E-state index is -0.0670. The molecule has 2 aliphatic carbocycles. The summed E-state index contributed by atoms with van der Waals surface area (Å²) in [6, 6.07) is 4.24. The summed E-state index contributed by atoms with van der Waals surface area (Å²) in [5.74, 6) is -0.0670. The van der Waals surface area contributed by atoms with Crippen molar-refractivity contribution in [3.8, 4) is 6.07 Å². The van der Waals surface area contributed by atoms with E-state index in [9.17, 15) is 10.1 Å². The van der Waals surface area contributed by atoms with Crippen molar-refractivity contribution in [3.05, 3.63) is 29.0 Å². The second kappa shape index (κ2) is 5.93. The summed E-state index contributed by atoms with van der Waals surface area (Å²) in [5, 5.41) is 10.5. The normalized spacial score (nSPS) is 22.2. The fraction of sp³-hybridized carbons (Fsp3) is 0.526. The van der Waals surface area contributed by atoms with Gasteiger partial charge in [-0.1, -0.05) is 6.42 Å². The van der Waals surface area contributed by atoms with Crippen molar-refractivity contribution in [2.75, 3.05) is 19.3 Å². The SMILES string of the molecule is CSc1cc2c(cn1)CC(=O)C(C#N)=C2N1CCC2(CCC2)CC1. The Hall–Kier alpha value is -1.80. The van der Waals surface area contributed by atoms with Crippen molar-refractivity contribution in [1.82, 2.24) is 9.88 Å². The zero-order valence-electron chi connectivity index (χ0n) is 14.0. The summed E-state index contributed by atoms with van der Waals surface area (Å²) in [4.78, 5) is 19.1. The number of ketones is 1. The van der Waals surface area contributed by atoms with Crippen LogP contribution in [0.4, 0.5) is 0 Å². The zero-order chi connectivity index (χ0) is 16.7. The molecule has 3 aliphatic rings. The van der Waals surface area contributed by atoms with Crippen LogP contribution in [-0.2, 0) is 11.2 Å². The van der Waals surface area contributed by atoms with Gasteiger partial charge in [0.15, 0.2) is 5.78 Å². The van der Waals surface area contributed by atoms with Crippen molar-refractivity contribution in [3.63, 3.8) is 0 Å². The van der Waals surface area contributed by atoms with E-state index < -0.39 is 0 Å². The average Bonchev–Trinajstić information content (AvgIpc) is 2.59. The largest absolute Gasteiger partial charge is 0.370 e. The fourth-order valence-electron chi connectivity index (χ4n) is 4.29. The fourth-order valence-corrected chi connectivity index (χ4v) is 4.68. The topological polar surface area (TPSA) is 57.0 Å². The Bertz CT molecular complexity index is 763. The van der Waals surface area contributed by atoms with Crippen molar-refractivity contribution in [2.24, 2.45) is 5.41 Å². The second-order valence-corrected chi connectivity index (χ2v) is 7.99. The molecule has 0 aromatic carbocycles. The van der Waals surface area contributed by atoms with Gasteiger partial charge in [-0.2, -0.15) is 5.26 Å². The van der Waals surface area contributed by atoms with Gasteiger partial charge in [0, 0.05) is 31.3 Å². The molecular formula is C19H21N3OS. The number of Topliss-reactive ketones (excluding diaryl/α,β-unsaturated/α-hetero) is 1. The smallest absolute Gasteiger partial charge is 0.179 e. The number of fused-ring (bicyclic) bond motifs is 1. The Labute approximate surface area is 146 Å². The number of hydrogen-bond acceptors (Lipinski definition) is 5. The molecule has 0 bridgehead atoms. The molecule has 1 aliphatic heterocycles. The van der Waals surface area contributed by atoms with Gasteiger partial charge in [-0.15, -0.1) is 11.8 Å². The summed E-state index contributed by atoms with van der Waals surface area (Å²) in [6.45, 7) is 1.90. The summed E-state index contributed by atoms with van der Waals surface area (Å²) in [7, 11) is 0. The van der Waals surface area contributed by atoms with Crippen molar-refractivity contribution >= 4 is 23.2 Å². The number of rotatable bonds is 2. The zero-order valence-corrected chi connectivity index (χ0v) is 14.8. The number of nitriles is 1. The van der Waals surface area contributed by atoms with Gasteiger partial charge in [0.05, 0.1) is 10.7 Å². The molecule has 0 radical (unpaired) electrons. The van der Waals surface area contributed by atoms with Gasteiger partial charge in [0.25, 0.3) is 0 Å². The summed E-state index contributed by atoms with van der Waals surface area (Å²) in [5.41, 5.74) is 3.74. The van der Waals surface area contributed by atoms with Crippen LogP contribution in [0.5, 0.6) is 0 Å². The van der Waals surface area contributed by atoms with Crippen LogP contribution in [0.2, 0.25) is 0 Å². The molecule has 1 aromatic heterocycles. The summed E-state index contributed by atoms with van der Waals surface area (Å²) >= 11 is 1.59. The van der Waals surface area contributed by atoms with Crippen molar-refractivity contribution in [2.45, 2.75) is 43.6 Å². The Morgan fingerprint density at radius 3 is 2.62 bits per heavy atom. The number of nitrogens with zero attached hydrogens (tertiary/aromatic N) is 3. The Kier molecular flexibility index (Phi) is 3.88. The van der Waals surface area contributed by atoms with E-state index in [1.807, 2.05) is 18.5 Å². The van der Waals surface area contributed by atoms with Crippen LogP contribution in [0, 0.1) is 16.7 Å². The van der Waals surface area contributed by atoms with E-state index in [1.54, 1.807) is 11.8 Å². The maximum absolute atomic E-state index is 12.5. The van der Waals surface area contributed by atoms with E-state index in [1.165, 1.54) is 32.1 Å². The monoisotopic (exact) mass is 339 g/mol. The Morgan fingerprint density at radius 1 is 1.29 bits per heavy atom. The number of allylic oxidation sites excluding steroid dienone is 1. The molecule has 5 heteroatoms. The first-order chi connectivity index (χ1) is 11.7. The molecule has 0 N–H and O–H groups in total. The first-order valence-corrected chi connectivity index (χ1v) is 9.84. The van der Waals surface area contributed by atoms with E-state index in [4.69, 9.17) is 0 Å². The van der Waals surface area contributed by atoms with Crippen molar-refractivity contribution < 1.29 is 4.79 Å². The lowest BCUT2D eigenvalue weighted by atomic mass is 9.63. The Balaban J connectivity index is 1.73. The second-order valence-electron chi connectivity index (χ2n) is 7.16. The summed E-state index contributed by atoms with van der Waals surface area (Å²) < 4.78 is 0. The molecule has 0 amide bonds. The molecule has 24 heavy (non-hydrogen) atoms. The number of likely N-dealkylation sites (tertiary alicyclic amines) is 1. The minimum absolute atomic E-state index is 0.0670. The van der Waals surface area contributed by atoms with Crippen LogP contribution in [0.1, 0.15) is 43.2 Å². The van der Waals surface area contributed by atoms with Gasteiger partial charge in [-0.3, -0.25) is 4.79 Å². The molecule has 1 saturated carbocycles. The van der Waals surface area contributed by atoms with Gasteiger partial charge in [-0.05, 0) is 49.0 Å². The molecule has 4 rings (SSSR count). The minimum Gasteiger partial charge on any atom is -0.370 e. The third kappa shape index (κ3) is 2.44. The molecule has 1 aromatic rings. The highest BCUT2D eigenvalue weighted by Gasteiger charge is 2.41. The van der Waals surface area contributed by atoms with E-state index >= 15 is 0 Å². The molecule has 0 atom stereocenters. The van der Waals surface area contributed by atoms with Gasteiger partial charge in [0.1, 0.15) is 11.6 Å². The molecule has 124 valence electrons. The Morgan fingerprint density at radius 2 is 2.04 bits per heavy atom. The number of piperidine rings is 1. The van der Waals surface area contributed by atoms with E-state index in [-0.39, 0.29) is 5.78 Å². The van der Waals surface area contributed by atoms with Gasteiger partial charge in [-0.25, -0.2) is 4.98 Å². The number of carbonyl (C=O) groups excluding carboxylic acids is 1. The van der Waals surface area contributed by atoms with E-state index in [0.29, 0.717) is 17.4 Å². The number of hydrogen-bond donors (Lipinski definition) is 0. The van der Waals surface area contributed by atoms with E-state index in [2.05, 4.69) is 16.0 Å². The third-order valence-corrected chi connectivity index (χ3v) is 6.60. The molecule has 2 heterocycles. The van der Waals surface area contributed by atoms with Crippen LogP contribution >= 0.6 is 11.8 Å². The number of pyridine rings is 1. The van der Waals surface area contributed by atoms with Gasteiger partial charge in [0.2, 0.25) is 0 Å². The maximum Gasteiger partial charge on any atom is 0.179 e. The quantitative estimate of drug-likeness (QED) is 0.773. The molecule has 1 spiro atoms. The molecule has 4 nitrogen and oxygen atoms in total. The third-order valence-electron chi connectivity index (χ3n) is 5.96. The average molecular weight is 339 g/mol. The van der Waals surface area contributed by atoms with Crippen LogP contribution < -0.4 is 0 Å². The lowest BCUT2D eigenvalue weighted by molar-refractivity contribution is -0.114. The van der Waals surface area contributed by atoms with E-state index in [0.717, 1.165) is 34.9 Å². The predicted octanol–water partition coefficient (Wildman–Crippen LogP) is 3.43. The highest BCUT2D eigenvalue weighted by Crippen LogP contribution is 2.50. The number of aromatic nitrogens is 1. The lowest BCUT2D eigenvalue weighted by Crippen LogP contribution is -2.43. The van der Waals surface area contributed by atoms with Gasteiger partial charge >= 0.3 is 0 Å². The highest BCUT2D eigenvalue weighted by atomic mass is 32.2. The molecule has 2 fully saturated rings. The molecule has 0 unspecified atom stereocenters. The predicted molar refractivity (Wildman–Crippen MR) is 94.4 cm³/mol. The first kappa shape index (κ1) is 15.7. The summed E-state index contributed by atoms with van der Waals surface area (Å²) in [6.07, 6.45) is 10.5. The first-order valence-electron chi connectivity index (χ1n) is 8.62. The number of carbonyl (C=O) groups is 1. The lowest BCUT2D eigenvalue weighted by Gasteiger charge is -2.49. The molecule has 1 saturated heterocycles. The van der Waals surface area contributed by atoms with Gasteiger partial charge < -0.3 is 4.90 Å². The van der Waals surface area contributed by atoms with Crippen LogP contribution in [0.3, 0.4) is 0 Å². The maximum atomic E-state index is 12.5.